The van der Waals surface area contributed by atoms with Gasteiger partial charge in [0.15, 0.2) is 0 Å². The van der Waals surface area contributed by atoms with E-state index in [1.807, 2.05) is 18.2 Å². The van der Waals surface area contributed by atoms with Gasteiger partial charge in [0.25, 0.3) is 0 Å². The monoisotopic (exact) mass is 231 g/mol. The van der Waals surface area contributed by atoms with E-state index in [2.05, 4.69) is 9.97 Å². The van der Waals surface area contributed by atoms with Crippen LogP contribution in [0.1, 0.15) is 31.0 Å². The first kappa shape index (κ1) is 10.6. The standard InChI is InChI=1S/C13H17N3O/c1-17-8-5-6-11-12(7-8)16-13(15-11)9-3-2-4-10(9)14/h5-7,9-10H,2-4,14H2,1H3,(H,15,16). The highest BCUT2D eigenvalue weighted by atomic mass is 16.5. The van der Waals surface area contributed by atoms with Crippen molar-refractivity contribution in [2.75, 3.05) is 7.11 Å². The summed E-state index contributed by atoms with van der Waals surface area (Å²) in [6.45, 7) is 0. The average molecular weight is 231 g/mol. The molecule has 1 heterocycles. The SMILES string of the molecule is COc1ccc2nc(C3CCCC3N)[nH]c2c1. The van der Waals surface area contributed by atoms with E-state index >= 15 is 0 Å². The molecule has 2 atom stereocenters. The predicted octanol–water partition coefficient (Wildman–Crippen LogP) is 2.17. The smallest absolute Gasteiger partial charge is 0.121 e. The Labute approximate surface area is 100 Å². The average Bonchev–Trinajstić information content (AvgIpc) is 2.93. The lowest BCUT2D eigenvalue weighted by atomic mass is 10.0. The largest absolute Gasteiger partial charge is 0.497 e. The highest BCUT2D eigenvalue weighted by molar-refractivity contribution is 5.76. The van der Waals surface area contributed by atoms with Crippen LogP contribution < -0.4 is 10.5 Å². The third kappa shape index (κ3) is 1.78. The van der Waals surface area contributed by atoms with E-state index in [1.165, 1.54) is 6.42 Å². The van der Waals surface area contributed by atoms with E-state index in [9.17, 15) is 0 Å². The maximum atomic E-state index is 6.10. The van der Waals surface area contributed by atoms with Gasteiger partial charge in [-0.1, -0.05) is 6.42 Å². The van der Waals surface area contributed by atoms with Crippen LogP contribution in [0.4, 0.5) is 0 Å². The van der Waals surface area contributed by atoms with E-state index in [1.54, 1.807) is 7.11 Å². The molecular formula is C13H17N3O. The Bertz CT molecular complexity index is 534. The zero-order valence-electron chi connectivity index (χ0n) is 9.94. The molecule has 0 spiro atoms. The maximum absolute atomic E-state index is 6.10. The Morgan fingerprint density at radius 2 is 2.29 bits per heavy atom. The quantitative estimate of drug-likeness (QED) is 0.832. The van der Waals surface area contributed by atoms with Gasteiger partial charge < -0.3 is 15.5 Å². The zero-order chi connectivity index (χ0) is 11.8. The summed E-state index contributed by atoms with van der Waals surface area (Å²) in [6.07, 6.45) is 3.44. The molecule has 1 aliphatic carbocycles. The molecule has 0 amide bonds. The first-order chi connectivity index (χ1) is 8.28. The molecule has 90 valence electrons. The first-order valence-corrected chi connectivity index (χ1v) is 6.07. The fraction of sp³-hybridized carbons (Fsp3) is 0.462. The van der Waals surface area contributed by atoms with Crippen molar-refractivity contribution >= 4 is 11.0 Å². The normalized spacial score (nSPS) is 24.4. The number of nitrogens with one attached hydrogen (secondary N) is 1. The van der Waals surface area contributed by atoms with Crippen LogP contribution in [-0.2, 0) is 0 Å². The van der Waals surface area contributed by atoms with Crippen LogP contribution in [0.15, 0.2) is 18.2 Å². The second-order valence-corrected chi connectivity index (χ2v) is 4.71. The van der Waals surface area contributed by atoms with Crippen LogP contribution in [0, 0.1) is 0 Å². The molecule has 1 aromatic carbocycles. The van der Waals surface area contributed by atoms with E-state index in [4.69, 9.17) is 10.5 Å². The highest BCUT2D eigenvalue weighted by Gasteiger charge is 2.27. The fourth-order valence-electron chi connectivity index (χ4n) is 2.64. The molecule has 2 unspecified atom stereocenters. The number of aromatic amines is 1. The third-order valence-electron chi connectivity index (χ3n) is 3.63. The number of H-pyrrole nitrogens is 1. The number of imidazole rings is 1. The van der Waals surface area contributed by atoms with Gasteiger partial charge in [-0.05, 0) is 25.0 Å². The number of benzene rings is 1. The summed E-state index contributed by atoms with van der Waals surface area (Å²) in [5.74, 6) is 2.26. The molecule has 0 radical (unpaired) electrons. The van der Waals surface area contributed by atoms with Crippen molar-refractivity contribution in [1.29, 1.82) is 0 Å². The number of rotatable bonds is 2. The van der Waals surface area contributed by atoms with Gasteiger partial charge in [0.2, 0.25) is 0 Å². The Morgan fingerprint density at radius 3 is 3.00 bits per heavy atom. The van der Waals surface area contributed by atoms with Crippen LogP contribution in [0.25, 0.3) is 11.0 Å². The molecule has 3 N–H and O–H groups in total. The van der Waals surface area contributed by atoms with Gasteiger partial charge in [0.1, 0.15) is 11.6 Å². The van der Waals surface area contributed by atoms with Crippen molar-refractivity contribution in [1.82, 2.24) is 9.97 Å². The summed E-state index contributed by atoms with van der Waals surface area (Å²) in [5.41, 5.74) is 8.12. The van der Waals surface area contributed by atoms with Crippen molar-refractivity contribution in [2.45, 2.75) is 31.2 Å². The Kier molecular flexibility index (Phi) is 2.52. The van der Waals surface area contributed by atoms with E-state index in [-0.39, 0.29) is 6.04 Å². The van der Waals surface area contributed by atoms with E-state index in [0.717, 1.165) is 35.4 Å². The summed E-state index contributed by atoms with van der Waals surface area (Å²) < 4.78 is 5.21. The van der Waals surface area contributed by atoms with Gasteiger partial charge in [-0.15, -0.1) is 0 Å². The molecule has 1 aromatic heterocycles. The van der Waals surface area contributed by atoms with Crippen molar-refractivity contribution in [3.63, 3.8) is 0 Å². The lowest BCUT2D eigenvalue weighted by Crippen LogP contribution is -2.23. The number of ether oxygens (including phenoxy) is 1. The lowest BCUT2D eigenvalue weighted by molar-refractivity contribution is 0.415. The van der Waals surface area contributed by atoms with Gasteiger partial charge in [0, 0.05) is 18.0 Å². The van der Waals surface area contributed by atoms with Gasteiger partial charge in [-0.3, -0.25) is 0 Å². The summed E-state index contributed by atoms with van der Waals surface area (Å²) in [6, 6.07) is 6.14. The topological polar surface area (TPSA) is 63.9 Å². The molecule has 2 aromatic rings. The first-order valence-electron chi connectivity index (χ1n) is 6.07. The van der Waals surface area contributed by atoms with Crippen LogP contribution in [0.2, 0.25) is 0 Å². The minimum absolute atomic E-state index is 0.248. The van der Waals surface area contributed by atoms with E-state index in [0.29, 0.717) is 5.92 Å². The number of hydrogen-bond acceptors (Lipinski definition) is 3. The molecule has 17 heavy (non-hydrogen) atoms. The van der Waals surface area contributed by atoms with E-state index < -0.39 is 0 Å². The number of hydrogen-bond donors (Lipinski definition) is 2. The van der Waals surface area contributed by atoms with Crippen molar-refractivity contribution < 1.29 is 4.74 Å². The molecule has 3 rings (SSSR count). The van der Waals surface area contributed by atoms with Gasteiger partial charge in [-0.2, -0.15) is 0 Å². The minimum atomic E-state index is 0.248. The van der Waals surface area contributed by atoms with Crippen LogP contribution >= 0.6 is 0 Å². The summed E-state index contributed by atoms with van der Waals surface area (Å²) in [4.78, 5) is 8.00. The second kappa shape index (κ2) is 4.04. The molecule has 4 nitrogen and oxygen atoms in total. The molecule has 1 aliphatic rings. The second-order valence-electron chi connectivity index (χ2n) is 4.71. The van der Waals surface area contributed by atoms with Gasteiger partial charge >= 0.3 is 0 Å². The Hall–Kier alpha value is -1.55. The van der Waals surface area contributed by atoms with Crippen molar-refractivity contribution in [2.24, 2.45) is 5.73 Å². The number of nitrogens with two attached hydrogens (primary N) is 1. The van der Waals surface area contributed by atoms with Crippen LogP contribution in [0.5, 0.6) is 5.75 Å². The number of methoxy groups -OCH3 is 1. The molecule has 0 saturated heterocycles. The molecule has 0 aliphatic heterocycles. The van der Waals surface area contributed by atoms with Crippen LogP contribution in [0.3, 0.4) is 0 Å². The highest BCUT2D eigenvalue weighted by Crippen LogP contribution is 2.33. The summed E-state index contributed by atoms with van der Waals surface area (Å²) >= 11 is 0. The Morgan fingerprint density at radius 1 is 1.41 bits per heavy atom. The summed E-state index contributed by atoms with van der Waals surface area (Å²) in [7, 11) is 1.67. The summed E-state index contributed by atoms with van der Waals surface area (Å²) in [5, 5.41) is 0. The maximum Gasteiger partial charge on any atom is 0.121 e. The molecule has 0 bridgehead atoms. The van der Waals surface area contributed by atoms with Gasteiger partial charge in [0.05, 0.1) is 18.1 Å². The predicted molar refractivity (Wildman–Crippen MR) is 67.2 cm³/mol. The van der Waals surface area contributed by atoms with Gasteiger partial charge in [-0.25, -0.2) is 4.98 Å². The van der Waals surface area contributed by atoms with Crippen LogP contribution in [-0.4, -0.2) is 23.1 Å². The molecule has 1 saturated carbocycles. The lowest BCUT2D eigenvalue weighted by Gasteiger charge is -2.11. The third-order valence-corrected chi connectivity index (χ3v) is 3.63. The Balaban J connectivity index is 2.01. The number of aromatic nitrogens is 2. The van der Waals surface area contributed by atoms with Crippen molar-refractivity contribution in [3.05, 3.63) is 24.0 Å². The number of fused-ring (bicyclic) bond motifs is 1. The fourth-order valence-corrected chi connectivity index (χ4v) is 2.64. The number of nitrogens with zero attached hydrogens (tertiary/aromatic N) is 1. The molecule has 4 heteroatoms. The minimum Gasteiger partial charge on any atom is -0.497 e. The molecule has 1 fully saturated rings. The molecular weight excluding hydrogens is 214 g/mol. The zero-order valence-corrected chi connectivity index (χ0v) is 9.94. The van der Waals surface area contributed by atoms with Crippen molar-refractivity contribution in [3.8, 4) is 5.75 Å².